The largest absolute Gasteiger partial charge is 0.784 e. The van der Waals surface area contributed by atoms with Crippen molar-refractivity contribution in [3.63, 3.8) is 0 Å². The van der Waals surface area contributed by atoms with Gasteiger partial charge >= 0.3 is 5.97 Å². The summed E-state index contributed by atoms with van der Waals surface area (Å²) in [6.45, 7) is 13.2. The molecule has 0 bridgehead atoms. The zero-order valence-corrected chi connectivity index (χ0v) is 12.7. The van der Waals surface area contributed by atoms with E-state index in [9.17, 15) is 10.0 Å². The van der Waals surface area contributed by atoms with Gasteiger partial charge in [0, 0.05) is 17.5 Å². The lowest BCUT2D eigenvalue weighted by atomic mass is 9.90. The second-order valence-electron chi connectivity index (χ2n) is 7.10. The summed E-state index contributed by atoms with van der Waals surface area (Å²) >= 11 is 0. The van der Waals surface area contributed by atoms with Crippen LogP contribution in [0, 0.1) is 10.6 Å². The van der Waals surface area contributed by atoms with E-state index in [2.05, 4.69) is 0 Å². The van der Waals surface area contributed by atoms with Crippen molar-refractivity contribution in [3.8, 4) is 0 Å². The summed E-state index contributed by atoms with van der Waals surface area (Å²) in [4.78, 5) is 12.1. The first kappa shape index (κ1) is 15.4. The van der Waals surface area contributed by atoms with Crippen LogP contribution >= 0.6 is 0 Å². The number of carbonyl (C=O) groups excluding carboxylic acids is 1. The minimum Gasteiger partial charge on any atom is -0.784 e. The minimum atomic E-state index is -0.664. The topological polar surface area (TPSA) is 52.6 Å². The van der Waals surface area contributed by atoms with E-state index in [0.717, 1.165) is 11.5 Å². The number of rotatable bonds is 3. The van der Waals surface area contributed by atoms with Crippen molar-refractivity contribution >= 4 is 5.97 Å². The van der Waals surface area contributed by atoms with Crippen molar-refractivity contribution in [2.75, 3.05) is 0 Å². The Morgan fingerprint density at radius 2 is 1.89 bits per heavy atom. The van der Waals surface area contributed by atoms with Gasteiger partial charge in [-0.1, -0.05) is 6.92 Å². The van der Waals surface area contributed by atoms with Crippen molar-refractivity contribution in [3.05, 3.63) is 5.21 Å². The first-order valence-electron chi connectivity index (χ1n) is 6.63. The van der Waals surface area contributed by atoms with Crippen LogP contribution < -0.4 is 0 Å². The number of esters is 1. The molecule has 1 saturated heterocycles. The molecule has 1 aliphatic heterocycles. The van der Waals surface area contributed by atoms with Gasteiger partial charge in [0.15, 0.2) is 0 Å². The molecule has 0 aromatic rings. The minimum absolute atomic E-state index is 0.214. The normalized spacial score (nSPS) is 27.2. The first-order valence-corrected chi connectivity index (χ1v) is 6.63. The van der Waals surface area contributed by atoms with Crippen LogP contribution in [0.25, 0.3) is 0 Å². The van der Waals surface area contributed by atoms with E-state index < -0.39 is 16.5 Å². The van der Waals surface area contributed by atoms with Crippen molar-refractivity contribution in [2.24, 2.45) is 5.41 Å². The SMILES string of the molecule is CCC(C)(C)C(=O)OC1CC(C)(C)N([O-])C1(C)C. The van der Waals surface area contributed by atoms with Gasteiger partial charge in [0.2, 0.25) is 0 Å². The number of hydrogen-bond acceptors (Lipinski definition) is 4. The number of carbonyl (C=O) groups is 1. The Labute approximate surface area is 110 Å². The average molecular weight is 256 g/mol. The first-order chi connectivity index (χ1) is 7.95. The van der Waals surface area contributed by atoms with E-state index in [1.165, 1.54) is 0 Å². The van der Waals surface area contributed by atoms with Crippen LogP contribution in [0.3, 0.4) is 0 Å². The van der Waals surface area contributed by atoms with Gasteiger partial charge in [-0.3, -0.25) is 4.79 Å². The summed E-state index contributed by atoms with van der Waals surface area (Å²) in [7, 11) is 0. The molecule has 18 heavy (non-hydrogen) atoms. The molecule has 0 aliphatic carbocycles. The molecule has 0 radical (unpaired) electrons. The molecule has 1 atom stereocenters. The van der Waals surface area contributed by atoms with E-state index in [4.69, 9.17) is 4.74 Å². The summed E-state index contributed by atoms with van der Waals surface area (Å²) < 4.78 is 5.61. The van der Waals surface area contributed by atoms with Gasteiger partial charge in [-0.15, -0.1) is 0 Å². The zero-order valence-electron chi connectivity index (χ0n) is 12.7. The van der Waals surface area contributed by atoms with Gasteiger partial charge < -0.3 is 15.0 Å². The Morgan fingerprint density at radius 1 is 1.39 bits per heavy atom. The van der Waals surface area contributed by atoms with Crippen molar-refractivity contribution in [1.29, 1.82) is 0 Å². The van der Waals surface area contributed by atoms with Crippen molar-refractivity contribution in [2.45, 2.75) is 78.5 Å². The molecule has 1 heterocycles. The lowest BCUT2D eigenvalue weighted by Crippen LogP contribution is -2.48. The fourth-order valence-electron chi connectivity index (χ4n) is 2.32. The average Bonchev–Trinajstić information content (AvgIpc) is 2.39. The monoisotopic (exact) mass is 256 g/mol. The van der Waals surface area contributed by atoms with Gasteiger partial charge in [0.25, 0.3) is 0 Å². The smallest absolute Gasteiger partial charge is 0.311 e. The quantitative estimate of drug-likeness (QED) is 0.728. The molecule has 0 saturated carbocycles. The summed E-state index contributed by atoms with van der Waals surface area (Å²) in [5.74, 6) is -0.214. The summed E-state index contributed by atoms with van der Waals surface area (Å²) in [6.07, 6.45) is 0.960. The molecule has 1 aliphatic rings. The van der Waals surface area contributed by atoms with Crippen LogP contribution in [-0.2, 0) is 9.53 Å². The molecular weight excluding hydrogens is 230 g/mol. The zero-order chi connectivity index (χ0) is 14.4. The van der Waals surface area contributed by atoms with Gasteiger partial charge in [-0.05, 0) is 48.0 Å². The molecule has 0 spiro atoms. The maximum atomic E-state index is 12.2. The Bertz CT molecular complexity index is 334. The van der Waals surface area contributed by atoms with Crippen LogP contribution in [0.15, 0.2) is 0 Å². The Hall–Kier alpha value is -0.610. The van der Waals surface area contributed by atoms with Crippen LogP contribution in [0.5, 0.6) is 0 Å². The third kappa shape index (κ3) is 2.54. The van der Waals surface area contributed by atoms with Crippen LogP contribution in [0.1, 0.15) is 61.3 Å². The lowest BCUT2D eigenvalue weighted by Gasteiger charge is -2.46. The summed E-state index contributed by atoms with van der Waals surface area (Å²) in [5, 5.41) is 13.3. The highest BCUT2D eigenvalue weighted by atomic mass is 16.6. The highest BCUT2D eigenvalue weighted by molar-refractivity contribution is 5.76. The predicted octanol–water partition coefficient (Wildman–Crippen LogP) is 3.10. The van der Waals surface area contributed by atoms with Crippen LogP contribution in [0.4, 0.5) is 0 Å². The van der Waals surface area contributed by atoms with Crippen molar-refractivity contribution < 1.29 is 9.53 Å². The number of nitrogens with zero attached hydrogens (tertiary/aromatic N) is 1. The van der Waals surface area contributed by atoms with E-state index in [1.54, 1.807) is 0 Å². The molecule has 1 fully saturated rings. The molecule has 106 valence electrons. The van der Waals surface area contributed by atoms with Crippen LogP contribution in [-0.4, -0.2) is 28.2 Å². The van der Waals surface area contributed by atoms with E-state index >= 15 is 0 Å². The Balaban J connectivity index is 2.84. The maximum Gasteiger partial charge on any atom is 0.311 e. The Morgan fingerprint density at radius 3 is 2.22 bits per heavy atom. The maximum absolute atomic E-state index is 12.2. The molecule has 4 nitrogen and oxygen atoms in total. The third-order valence-corrected chi connectivity index (χ3v) is 4.23. The number of ether oxygens (including phenoxy) is 1. The molecule has 0 N–H and O–H groups in total. The summed E-state index contributed by atoms with van der Waals surface area (Å²) in [5.41, 5.74) is -1.63. The second-order valence-corrected chi connectivity index (χ2v) is 7.10. The van der Waals surface area contributed by atoms with Gasteiger partial charge in [0.1, 0.15) is 6.10 Å². The molecule has 0 aromatic carbocycles. The fraction of sp³-hybridized carbons (Fsp3) is 0.929. The molecule has 0 amide bonds. The highest BCUT2D eigenvalue weighted by Crippen LogP contribution is 2.42. The molecule has 1 unspecified atom stereocenters. The lowest BCUT2D eigenvalue weighted by molar-refractivity contribution is -0.163. The van der Waals surface area contributed by atoms with E-state index in [-0.39, 0.29) is 12.1 Å². The standard InChI is InChI=1S/C14H26NO3/c1-8-12(2,3)11(16)18-10-9-13(4,5)15(17)14(10,6)7/h10H,8-9H2,1-7H3/q-1. The highest BCUT2D eigenvalue weighted by Gasteiger charge is 2.49. The molecule has 1 rings (SSSR count). The van der Waals surface area contributed by atoms with Gasteiger partial charge in [-0.2, -0.15) is 0 Å². The summed E-state index contributed by atoms with van der Waals surface area (Å²) in [6, 6.07) is 0. The molecule has 4 heteroatoms. The molecule has 0 aromatic heterocycles. The predicted molar refractivity (Wildman–Crippen MR) is 71.9 cm³/mol. The van der Waals surface area contributed by atoms with Crippen LogP contribution in [0.2, 0.25) is 0 Å². The molecular formula is C14H26NO3-. The number of hydroxylamine groups is 2. The Kier molecular flexibility index (Phi) is 3.86. The van der Waals surface area contributed by atoms with Crippen molar-refractivity contribution in [1.82, 2.24) is 5.06 Å². The van der Waals surface area contributed by atoms with Gasteiger partial charge in [-0.25, -0.2) is 0 Å². The van der Waals surface area contributed by atoms with E-state index in [1.807, 2.05) is 48.5 Å². The third-order valence-electron chi connectivity index (χ3n) is 4.23. The second kappa shape index (κ2) is 4.49. The van der Waals surface area contributed by atoms with E-state index in [0.29, 0.717) is 6.42 Å². The van der Waals surface area contributed by atoms with Gasteiger partial charge in [0.05, 0.1) is 5.41 Å². The fourth-order valence-corrected chi connectivity index (χ4v) is 2.32. The number of hydrogen-bond donors (Lipinski definition) is 0.